The first-order valence-corrected chi connectivity index (χ1v) is 9.70. The molecule has 1 aliphatic heterocycles. The molecule has 27 heavy (non-hydrogen) atoms. The highest BCUT2D eigenvalue weighted by atomic mass is 16.4. The topological polar surface area (TPSA) is 68.0 Å². The molecule has 1 unspecified atom stereocenters. The van der Waals surface area contributed by atoms with E-state index in [1.807, 2.05) is 13.8 Å². The van der Waals surface area contributed by atoms with E-state index in [9.17, 15) is 9.90 Å². The summed E-state index contributed by atoms with van der Waals surface area (Å²) >= 11 is 0. The normalized spacial score (nSPS) is 14.5. The van der Waals surface area contributed by atoms with Crippen LogP contribution >= 0.6 is 0 Å². The van der Waals surface area contributed by atoms with E-state index in [1.54, 1.807) is 0 Å². The SMILES string of the molecule is CCCC(C(=O)O)c1c(C)nc2nc3n(c2c1-c1ccc(C)cc1)CCC3. The Kier molecular flexibility index (Phi) is 4.46. The highest BCUT2D eigenvalue weighted by molar-refractivity contribution is 5.96. The van der Waals surface area contributed by atoms with Crippen LogP contribution in [-0.4, -0.2) is 25.6 Å². The Morgan fingerprint density at radius 2 is 1.96 bits per heavy atom. The van der Waals surface area contributed by atoms with Crippen LogP contribution in [0.15, 0.2) is 24.3 Å². The van der Waals surface area contributed by atoms with Crippen LogP contribution in [0.1, 0.15) is 54.7 Å². The third kappa shape index (κ3) is 2.91. The summed E-state index contributed by atoms with van der Waals surface area (Å²) in [5.41, 5.74) is 6.58. The van der Waals surface area contributed by atoms with Crippen molar-refractivity contribution in [2.24, 2.45) is 0 Å². The molecule has 5 heteroatoms. The molecule has 3 aromatic rings. The molecule has 3 heterocycles. The maximum atomic E-state index is 12.1. The van der Waals surface area contributed by atoms with Gasteiger partial charge in [-0.1, -0.05) is 43.2 Å². The molecule has 0 fully saturated rings. The number of benzene rings is 1. The van der Waals surface area contributed by atoms with Crippen molar-refractivity contribution in [3.8, 4) is 11.1 Å². The van der Waals surface area contributed by atoms with Crippen LogP contribution in [0.3, 0.4) is 0 Å². The van der Waals surface area contributed by atoms with Gasteiger partial charge in [-0.25, -0.2) is 9.97 Å². The van der Waals surface area contributed by atoms with Crippen molar-refractivity contribution in [1.29, 1.82) is 0 Å². The monoisotopic (exact) mass is 363 g/mol. The second kappa shape index (κ2) is 6.80. The average Bonchev–Trinajstić information content (AvgIpc) is 3.20. The van der Waals surface area contributed by atoms with Crippen LogP contribution in [0, 0.1) is 13.8 Å². The summed E-state index contributed by atoms with van der Waals surface area (Å²) in [7, 11) is 0. The van der Waals surface area contributed by atoms with E-state index >= 15 is 0 Å². The Morgan fingerprint density at radius 1 is 1.22 bits per heavy atom. The minimum absolute atomic E-state index is 0.559. The molecule has 1 aliphatic rings. The lowest BCUT2D eigenvalue weighted by Crippen LogP contribution is -2.15. The third-order valence-corrected chi connectivity index (χ3v) is 5.54. The van der Waals surface area contributed by atoms with Crippen molar-refractivity contribution in [1.82, 2.24) is 14.5 Å². The Bertz CT molecular complexity index is 1020. The number of aliphatic carboxylic acids is 1. The van der Waals surface area contributed by atoms with Gasteiger partial charge in [0.05, 0.1) is 11.4 Å². The summed E-state index contributed by atoms with van der Waals surface area (Å²) in [4.78, 5) is 21.6. The quantitative estimate of drug-likeness (QED) is 0.718. The number of carbonyl (C=O) groups is 1. The summed E-state index contributed by atoms with van der Waals surface area (Å²) < 4.78 is 2.24. The zero-order valence-corrected chi connectivity index (χ0v) is 16.1. The summed E-state index contributed by atoms with van der Waals surface area (Å²) in [6.07, 6.45) is 3.44. The van der Waals surface area contributed by atoms with Gasteiger partial charge >= 0.3 is 5.97 Å². The van der Waals surface area contributed by atoms with Crippen LogP contribution in [0.4, 0.5) is 0 Å². The maximum Gasteiger partial charge on any atom is 0.311 e. The van der Waals surface area contributed by atoms with Gasteiger partial charge in [-0.05, 0) is 37.8 Å². The molecule has 2 aromatic heterocycles. The van der Waals surface area contributed by atoms with Crippen LogP contribution in [0.25, 0.3) is 22.3 Å². The Morgan fingerprint density at radius 3 is 2.63 bits per heavy atom. The molecule has 1 aromatic carbocycles. The number of nitrogens with zero attached hydrogens (tertiary/aromatic N) is 3. The number of carboxylic acids is 1. The number of imidazole rings is 1. The summed E-state index contributed by atoms with van der Waals surface area (Å²) in [5.74, 6) is -0.281. The van der Waals surface area contributed by atoms with Crippen molar-refractivity contribution in [2.75, 3.05) is 0 Å². The highest BCUT2D eigenvalue weighted by Gasteiger charge is 2.30. The molecule has 1 N–H and O–H groups in total. The smallest absolute Gasteiger partial charge is 0.311 e. The van der Waals surface area contributed by atoms with Gasteiger partial charge in [0, 0.05) is 24.2 Å². The Balaban J connectivity index is 2.09. The predicted molar refractivity (Wildman–Crippen MR) is 106 cm³/mol. The van der Waals surface area contributed by atoms with Crippen molar-refractivity contribution in [3.05, 3.63) is 46.9 Å². The number of hydrogen-bond donors (Lipinski definition) is 1. The molecule has 0 spiro atoms. The number of aryl methyl sites for hydroxylation is 4. The first-order valence-electron chi connectivity index (χ1n) is 9.70. The number of carboxylic acid groups (broad SMARTS) is 1. The van der Waals surface area contributed by atoms with E-state index in [0.717, 1.165) is 65.2 Å². The summed E-state index contributed by atoms with van der Waals surface area (Å²) in [6.45, 7) is 6.92. The van der Waals surface area contributed by atoms with Gasteiger partial charge in [0.2, 0.25) is 0 Å². The van der Waals surface area contributed by atoms with E-state index < -0.39 is 11.9 Å². The minimum Gasteiger partial charge on any atom is -0.481 e. The second-order valence-electron chi connectivity index (χ2n) is 7.49. The van der Waals surface area contributed by atoms with Crippen molar-refractivity contribution in [3.63, 3.8) is 0 Å². The van der Waals surface area contributed by atoms with E-state index in [0.29, 0.717) is 6.42 Å². The number of aromatic nitrogens is 3. The van der Waals surface area contributed by atoms with Gasteiger partial charge in [-0.2, -0.15) is 0 Å². The standard InChI is InChI=1S/C22H25N3O2/c1-4-6-16(22(26)27)18-14(3)23-21-20(25-12-5-7-17(25)24-21)19(18)15-10-8-13(2)9-11-15/h8-11,16H,4-7,12H2,1-3H3,(H,26,27). The van der Waals surface area contributed by atoms with Gasteiger partial charge in [0.1, 0.15) is 5.82 Å². The van der Waals surface area contributed by atoms with Crippen LogP contribution in [0.2, 0.25) is 0 Å². The lowest BCUT2D eigenvalue weighted by Gasteiger charge is -2.20. The van der Waals surface area contributed by atoms with E-state index in [2.05, 4.69) is 35.8 Å². The molecule has 4 rings (SSSR count). The molecular formula is C22H25N3O2. The van der Waals surface area contributed by atoms with Crippen molar-refractivity contribution < 1.29 is 9.90 Å². The van der Waals surface area contributed by atoms with Crippen molar-refractivity contribution >= 4 is 17.1 Å². The largest absolute Gasteiger partial charge is 0.481 e. The molecular weight excluding hydrogens is 338 g/mol. The average molecular weight is 363 g/mol. The fourth-order valence-electron chi connectivity index (χ4n) is 4.28. The number of hydrogen-bond acceptors (Lipinski definition) is 3. The van der Waals surface area contributed by atoms with E-state index in [-0.39, 0.29) is 0 Å². The molecule has 0 saturated carbocycles. The summed E-state index contributed by atoms with van der Waals surface area (Å²) in [5, 5.41) is 9.96. The molecule has 5 nitrogen and oxygen atoms in total. The number of fused-ring (bicyclic) bond motifs is 3. The first-order chi connectivity index (χ1) is 13.0. The molecule has 1 atom stereocenters. The lowest BCUT2D eigenvalue weighted by atomic mass is 9.86. The van der Waals surface area contributed by atoms with Crippen LogP contribution < -0.4 is 0 Å². The fraction of sp³-hybridized carbons (Fsp3) is 0.409. The van der Waals surface area contributed by atoms with Crippen molar-refractivity contribution in [2.45, 2.75) is 58.9 Å². The van der Waals surface area contributed by atoms with Crippen LogP contribution in [-0.2, 0) is 17.8 Å². The Hall–Kier alpha value is -2.69. The lowest BCUT2D eigenvalue weighted by molar-refractivity contribution is -0.139. The fourth-order valence-corrected chi connectivity index (χ4v) is 4.28. The number of rotatable bonds is 5. The molecule has 0 aliphatic carbocycles. The molecule has 140 valence electrons. The van der Waals surface area contributed by atoms with Crippen LogP contribution in [0.5, 0.6) is 0 Å². The molecule has 0 amide bonds. The molecule has 0 bridgehead atoms. The zero-order chi connectivity index (χ0) is 19.1. The van der Waals surface area contributed by atoms with Gasteiger partial charge in [-0.15, -0.1) is 0 Å². The molecule has 0 radical (unpaired) electrons. The second-order valence-corrected chi connectivity index (χ2v) is 7.49. The van der Waals surface area contributed by atoms with Gasteiger partial charge < -0.3 is 9.67 Å². The minimum atomic E-state index is -0.782. The Labute approximate surface area is 159 Å². The zero-order valence-electron chi connectivity index (χ0n) is 16.1. The van der Waals surface area contributed by atoms with E-state index in [1.165, 1.54) is 5.56 Å². The highest BCUT2D eigenvalue weighted by Crippen LogP contribution is 2.40. The first kappa shape index (κ1) is 17.7. The molecule has 0 saturated heterocycles. The summed E-state index contributed by atoms with van der Waals surface area (Å²) in [6, 6.07) is 8.34. The number of pyridine rings is 1. The van der Waals surface area contributed by atoms with E-state index in [4.69, 9.17) is 9.97 Å². The van der Waals surface area contributed by atoms with Gasteiger partial charge in [0.15, 0.2) is 5.65 Å². The predicted octanol–water partition coefficient (Wildman–Crippen LogP) is 4.63. The van der Waals surface area contributed by atoms with Gasteiger partial charge in [0.25, 0.3) is 0 Å². The van der Waals surface area contributed by atoms with Gasteiger partial charge in [-0.3, -0.25) is 4.79 Å². The maximum absolute atomic E-state index is 12.1. The third-order valence-electron chi connectivity index (χ3n) is 5.54.